The minimum absolute atomic E-state index is 0.885. The fourth-order valence-electron chi connectivity index (χ4n) is 2.19. The van der Waals surface area contributed by atoms with Gasteiger partial charge in [-0.15, -0.1) is 0 Å². The van der Waals surface area contributed by atoms with Gasteiger partial charge in [0.05, 0.1) is 0 Å². The predicted molar refractivity (Wildman–Crippen MR) is 77.4 cm³/mol. The average Bonchev–Trinajstić information content (AvgIpc) is 2.30. The van der Waals surface area contributed by atoms with Gasteiger partial charge in [-0.1, -0.05) is 44.8 Å². The van der Waals surface area contributed by atoms with Gasteiger partial charge in [0.15, 0.2) is 0 Å². The molecule has 1 heterocycles. The third-order valence-corrected chi connectivity index (χ3v) is 4.41. The SMILES string of the molecule is CC1CCN(c2cc(Br)ccc2CBr)CC1. The van der Waals surface area contributed by atoms with E-state index in [1.807, 2.05) is 0 Å². The van der Waals surface area contributed by atoms with E-state index in [1.165, 1.54) is 41.7 Å². The minimum atomic E-state index is 0.885. The number of alkyl halides is 1. The molecule has 2 rings (SSSR count). The highest BCUT2D eigenvalue weighted by Crippen LogP contribution is 2.30. The van der Waals surface area contributed by atoms with Gasteiger partial charge in [-0.25, -0.2) is 0 Å². The second-order valence-electron chi connectivity index (χ2n) is 4.58. The molecular weight excluding hydrogens is 330 g/mol. The number of benzene rings is 1. The molecule has 1 aromatic carbocycles. The van der Waals surface area contributed by atoms with Crippen molar-refractivity contribution in [1.82, 2.24) is 0 Å². The van der Waals surface area contributed by atoms with E-state index >= 15 is 0 Å². The molecule has 1 aromatic rings. The lowest BCUT2D eigenvalue weighted by atomic mass is 9.98. The number of hydrogen-bond donors (Lipinski definition) is 0. The summed E-state index contributed by atoms with van der Waals surface area (Å²) in [5, 5.41) is 0.932. The zero-order chi connectivity index (χ0) is 11.5. The van der Waals surface area contributed by atoms with Gasteiger partial charge >= 0.3 is 0 Å². The van der Waals surface area contributed by atoms with E-state index in [0.717, 1.165) is 11.2 Å². The lowest BCUT2D eigenvalue weighted by Crippen LogP contribution is -2.33. The molecule has 0 radical (unpaired) electrons. The minimum Gasteiger partial charge on any atom is -0.371 e. The number of piperidine rings is 1. The van der Waals surface area contributed by atoms with Crippen LogP contribution < -0.4 is 4.90 Å². The summed E-state index contributed by atoms with van der Waals surface area (Å²) in [6.07, 6.45) is 2.63. The molecule has 16 heavy (non-hydrogen) atoms. The van der Waals surface area contributed by atoms with E-state index in [1.54, 1.807) is 0 Å². The third kappa shape index (κ3) is 2.80. The Morgan fingerprint density at radius 3 is 2.62 bits per heavy atom. The van der Waals surface area contributed by atoms with Gasteiger partial charge in [0.2, 0.25) is 0 Å². The summed E-state index contributed by atoms with van der Waals surface area (Å²) in [6, 6.07) is 6.56. The van der Waals surface area contributed by atoms with Crippen LogP contribution in [0.3, 0.4) is 0 Å². The number of rotatable bonds is 2. The van der Waals surface area contributed by atoms with Gasteiger partial charge in [0.1, 0.15) is 0 Å². The zero-order valence-electron chi connectivity index (χ0n) is 9.55. The highest BCUT2D eigenvalue weighted by Gasteiger charge is 2.18. The molecule has 0 aromatic heterocycles. The normalized spacial score (nSPS) is 17.8. The molecule has 88 valence electrons. The zero-order valence-corrected chi connectivity index (χ0v) is 12.7. The van der Waals surface area contributed by atoms with Gasteiger partial charge in [-0.05, 0) is 36.5 Å². The summed E-state index contributed by atoms with van der Waals surface area (Å²) >= 11 is 7.13. The molecule has 1 nitrogen and oxygen atoms in total. The summed E-state index contributed by atoms with van der Waals surface area (Å²) in [7, 11) is 0. The lowest BCUT2D eigenvalue weighted by Gasteiger charge is -2.33. The Labute approximate surface area is 114 Å². The molecular formula is C13H17Br2N. The molecule has 1 saturated heterocycles. The monoisotopic (exact) mass is 345 g/mol. The molecule has 0 amide bonds. The van der Waals surface area contributed by atoms with E-state index in [0.29, 0.717) is 0 Å². The quantitative estimate of drug-likeness (QED) is 0.708. The molecule has 0 aliphatic carbocycles. The van der Waals surface area contributed by atoms with Gasteiger partial charge in [-0.3, -0.25) is 0 Å². The Balaban J connectivity index is 2.21. The first-order valence-corrected chi connectivity index (χ1v) is 7.71. The average molecular weight is 347 g/mol. The smallest absolute Gasteiger partial charge is 0.0418 e. The molecule has 3 heteroatoms. The van der Waals surface area contributed by atoms with E-state index in [-0.39, 0.29) is 0 Å². The van der Waals surface area contributed by atoms with Crippen LogP contribution in [0.15, 0.2) is 22.7 Å². The highest BCUT2D eigenvalue weighted by molar-refractivity contribution is 9.10. The molecule has 0 bridgehead atoms. The predicted octanol–water partition coefficient (Wildman–Crippen LogP) is 4.58. The number of nitrogens with zero attached hydrogens (tertiary/aromatic N) is 1. The molecule has 0 N–H and O–H groups in total. The number of hydrogen-bond acceptors (Lipinski definition) is 1. The Bertz CT molecular complexity index is 357. The molecule has 0 saturated carbocycles. The van der Waals surface area contributed by atoms with Gasteiger partial charge < -0.3 is 4.90 Å². The third-order valence-electron chi connectivity index (χ3n) is 3.32. The van der Waals surface area contributed by atoms with Crippen molar-refractivity contribution in [1.29, 1.82) is 0 Å². The standard InChI is InChI=1S/C13H17Br2N/c1-10-4-6-16(7-5-10)13-8-12(15)3-2-11(13)9-14/h2-3,8,10H,4-7,9H2,1H3. The van der Waals surface area contributed by atoms with Crippen LogP contribution in [-0.4, -0.2) is 13.1 Å². The molecule has 1 aliphatic heterocycles. The first-order chi connectivity index (χ1) is 7.70. The van der Waals surface area contributed by atoms with Crippen molar-refractivity contribution in [2.24, 2.45) is 5.92 Å². The van der Waals surface area contributed by atoms with E-state index in [4.69, 9.17) is 0 Å². The topological polar surface area (TPSA) is 3.24 Å². The van der Waals surface area contributed by atoms with Crippen molar-refractivity contribution in [3.05, 3.63) is 28.2 Å². The van der Waals surface area contributed by atoms with Gasteiger partial charge in [-0.2, -0.15) is 0 Å². The largest absolute Gasteiger partial charge is 0.371 e. The maximum Gasteiger partial charge on any atom is 0.0418 e. The van der Waals surface area contributed by atoms with Gasteiger partial charge in [0, 0.05) is 28.6 Å². The van der Waals surface area contributed by atoms with Crippen LogP contribution in [0.4, 0.5) is 5.69 Å². The summed E-state index contributed by atoms with van der Waals surface area (Å²) < 4.78 is 1.17. The first kappa shape index (κ1) is 12.4. The maximum absolute atomic E-state index is 3.57. The Hall–Kier alpha value is -0.0200. The Morgan fingerprint density at radius 1 is 1.31 bits per heavy atom. The summed E-state index contributed by atoms with van der Waals surface area (Å²) in [6.45, 7) is 4.74. The van der Waals surface area contributed by atoms with Crippen LogP contribution in [0.1, 0.15) is 25.3 Å². The van der Waals surface area contributed by atoms with Crippen molar-refractivity contribution < 1.29 is 0 Å². The van der Waals surface area contributed by atoms with Crippen molar-refractivity contribution in [2.75, 3.05) is 18.0 Å². The van der Waals surface area contributed by atoms with Gasteiger partial charge in [0.25, 0.3) is 0 Å². The van der Waals surface area contributed by atoms with E-state index in [2.05, 4.69) is 61.9 Å². The van der Waals surface area contributed by atoms with E-state index in [9.17, 15) is 0 Å². The fraction of sp³-hybridized carbons (Fsp3) is 0.538. The van der Waals surface area contributed by atoms with Crippen LogP contribution in [0.2, 0.25) is 0 Å². The summed E-state index contributed by atoms with van der Waals surface area (Å²) in [4.78, 5) is 2.52. The molecule has 0 atom stereocenters. The number of halogens is 2. The lowest BCUT2D eigenvalue weighted by molar-refractivity contribution is 0.438. The van der Waals surface area contributed by atoms with Crippen LogP contribution in [0.5, 0.6) is 0 Å². The first-order valence-electron chi connectivity index (χ1n) is 5.80. The fourth-order valence-corrected chi connectivity index (χ4v) is 3.02. The second kappa shape index (κ2) is 5.54. The molecule has 0 unspecified atom stereocenters. The summed E-state index contributed by atoms with van der Waals surface area (Å²) in [5.41, 5.74) is 2.77. The maximum atomic E-state index is 3.57. The van der Waals surface area contributed by atoms with E-state index < -0.39 is 0 Å². The van der Waals surface area contributed by atoms with Crippen LogP contribution in [0, 0.1) is 5.92 Å². The number of anilines is 1. The van der Waals surface area contributed by atoms with Crippen LogP contribution >= 0.6 is 31.9 Å². The summed E-state index contributed by atoms with van der Waals surface area (Å²) in [5.74, 6) is 0.885. The Morgan fingerprint density at radius 2 is 2.00 bits per heavy atom. The van der Waals surface area contributed by atoms with Crippen molar-refractivity contribution in [2.45, 2.75) is 25.1 Å². The molecule has 1 fully saturated rings. The second-order valence-corrected chi connectivity index (χ2v) is 6.05. The molecule has 0 spiro atoms. The van der Waals surface area contributed by atoms with Crippen LogP contribution in [-0.2, 0) is 5.33 Å². The Kier molecular flexibility index (Phi) is 4.31. The molecule has 1 aliphatic rings. The van der Waals surface area contributed by atoms with Crippen molar-refractivity contribution in [3.8, 4) is 0 Å². The van der Waals surface area contributed by atoms with Crippen molar-refractivity contribution >= 4 is 37.5 Å². The highest BCUT2D eigenvalue weighted by atomic mass is 79.9. The van der Waals surface area contributed by atoms with Crippen molar-refractivity contribution in [3.63, 3.8) is 0 Å². The van der Waals surface area contributed by atoms with Crippen LogP contribution in [0.25, 0.3) is 0 Å².